The van der Waals surface area contributed by atoms with Crippen molar-refractivity contribution in [2.45, 2.75) is 58.7 Å². The van der Waals surface area contributed by atoms with Crippen molar-refractivity contribution in [3.8, 4) is 0 Å². The summed E-state index contributed by atoms with van der Waals surface area (Å²) in [5.41, 5.74) is -0.473. The van der Waals surface area contributed by atoms with Gasteiger partial charge in [0.2, 0.25) is 0 Å². The molecule has 1 fully saturated rings. The van der Waals surface area contributed by atoms with Crippen molar-refractivity contribution >= 4 is 12.1 Å². The molecule has 0 aromatic rings. The Kier molecular flexibility index (Phi) is 11.0. The van der Waals surface area contributed by atoms with Crippen LogP contribution < -0.4 is 16.0 Å². The van der Waals surface area contributed by atoms with E-state index in [2.05, 4.69) is 20.9 Å². The van der Waals surface area contributed by atoms with Gasteiger partial charge in [-0.3, -0.25) is 4.99 Å². The average Bonchev–Trinajstić information content (AvgIpc) is 3.05. The van der Waals surface area contributed by atoms with Crippen LogP contribution in [0.25, 0.3) is 0 Å². The lowest BCUT2D eigenvalue weighted by Gasteiger charge is -2.19. The molecule has 8 nitrogen and oxygen atoms in total. The summed E-state index contributed by atoms with van der Waals surface area (Å²) in [5, 5.41) is 9.24. The van der Waals surface area contributed by atoms with Gasteiger partial charge in [-0.1, -0.05) is 0 Å². The fourth-order valence-corrected chi connectivity index (χ4v) is 2.29. The van der Waals surface area contributed by atoms with E-state index in [1.165, 1.54) is 0 Å². The van der Waals surface area contributed by atoms with Crippen LogP contribution in [0.5, 0.6) is 0 Å². The molecule has 152 valence electrons. The molecule has 0 bridgehead atoms. The van der Waals surface area contributed by atoms with Crippen molar-refractivity contribution in [1.29, 1.82) is 0 Å². The molecular weight excluding hydrogens is 336 g/mol. The normalized spacial score (nSPS) is 17.8. The van der Waals surface area contributed by atoms with Crippen LogP contribution in [0.2, 0.25) is 0 Å². The summed E-state index contributed by atoms with van der Waals surface area (Å²) in [6, 6.07) is 0. The maximum atomic E-state index is 11.5. The van der Waals surface area contributed by atoms with E-state index < -0.39 is 5.60 Å². The van der Waals surface area contributed by atoms with E-state index in [0.717, 1.165) is 58.1 Å². The number of nitrogens with one attached hydrogen (secondary N) is 3. The number of ether oxygens (including phenoxy) is 3. The van der Waals surface area contributed by atoms with Crippen molar-refractivity contribution in [1.82, 2.24) is 16.0 Å². The third kappa shape index (κ3) is 11.9. The number of guanidine groups is 1. The van der Waals surface area contributed by atoms with Crippen LogP contribution in [-0.2, 0) is 14.2 Å². The highest BCUT2D eigenvalue weighted by atomic mass is 16.6. The molecule has 0 spiro atoms. The van der Waals surface area contributed by atoms with Crippen LogP contribution in [0.3, 0.4) is 0 Å². The summed E-state index contributed by atoms with van der Waals surface area (Å²) in [4.78, 5) is 16.0. The van der Waals surface area contributed by atoms with Crippen molar-refractivity contribution in [2.24, 2.45) is 4.99 Å². The van der Waals surface area contributed by atoms with Gasteiger partial charge in [0.25, 0.3) is 0 Å². The minimum Gasteiger partial charge on any atom is -0.444 e. The molecule has 8 heteroatoms. The highest BCUT2D eigenvalue weighted by Crippen LogP contribution is 2.08. The lowest BCUT2D eigenvalue weighted by Crippen LogP contribution is -2.38. The molecule has 1 atom stereocenters. The van der Waals surface area contributed by atoms with E-state index in [-0.39, 0.29) is 12.2 Å². The number of carbonyl (C=O) groups excluding carboxylic acids is 1. The first-order chi connectivity index (χ1) is 12.4. The van der Waals surface area contributed by atoms with Crippen molar-refractivity contribution in [3.05, 3.63) is 0 Å². The second-order valence-electron chi connectivity index (χ2n) is 7.18. The Bertz CT molecular complexity index is 418. The van der Waals surface area contributed by atoms with E-state index in [1.807, 2.05) is 27.7 Å². The second kappa shape index (κ2) is 12.8. The van der Waals surface area contributed by atoms with Gasteiger partial charge in [0, 0.05) is 39.4 Å². The summed E-state index contributed by atoms with van der Waals surface area (Å²) in [6.45, 7) is 12.6. The van der Waals surface area contributed by atoms with Crippen molar-refractivity contribution in [3.63, 3.8) is 0 Å². The van der Waals surface area contributed by atoms with Gasteiger partial charge in [-0.15, -0.1) is 0 Å². The largest absolute Gasteiger partial charge is 0.444 e. The molecule has 1 rings (SSSR count). The predicted molar refractivity (Wildman–Crippen MR) is 103 cm³/mol. The summed E-state index contributed by atoms with van der Waals surface area (Å²) >= 11 is 0. The zero-order valence-electron chi connectivity index (χ0n) is 16.7. The summed E-state index contributed by atoms with van der Waals surface area (Å²) in [5.74, 6) is 0.786. The Balaban J connectivity index is 2.10. The van der Waals surface area contributed by atoms with Crippen molar-refractivity contribution in [2.75, 3.05) is 46.0 Å². The number of hydrogen-bond donors (Lipinski definition) is 3. The summed E-state index contributed by atoms with van der Waals surface area (Å²) in [7, 11) is 0. The lowest BCUT2D eigenvalue weighted by molar-refractivity contribution is 0.0420. The molecule has 1 saturated heterocycles. The maximum absolute atomic E-state index is 11.5. The second-order valence-corrected chi connectivity index (χ2v) is 7.18. The zero-order valence-corrected chi connectivity index (χ0v) is 16.7. The number of hydrogen-bond acceptors (Lipinski definition) is 5. The topological polar surface area (TPSA) is 93.2 Å². The Labute approximate surface area is 157 Å². The van der Waals surface area contributed by atoms with E-state index in [9.17, 15) is 4.79 Å². The molecule has 0 aliphatic carbocycles. The van der Waals surface area contributed by atoms with Gasteiger partial charge in [0.1, 0.15) is 5.60 Å². The SMILES string of the molecule is CCNC(=NCCCNC(=O)OC(C)(C)C)NCCCOC1CCOC1. The van der Waals surface area contributed by atoms with Gasteiger partial charge in [-0.25, -0.2) is 4.79 Å². The average molecular weight is 373 g/mol. The minimum atomic E-state index is -0.473. The Hall–Kier alpha value is -1.54. The molecule has 0 saturated carbocycles. The maximum Gasteiger partial charge on any atom is 0.407 e. The molecule has 1 heterocycles. The predicted octanol–water partition coefficient (Wildman–Crippen LogP) is 1.65. The van der Waals surface area contributed by atoms with E-state index in [1.54, 1.807) is 0 Å². The third-order valence-corrected chi connectivity index (χ3v) is 3.47. The van der Waals surface area contributed by atoms with Gasteiger partial charge in [-0.2, -0.15) is 0 Å². The van der Waals surface area contributed by atoms with Crippen LogP contribution >= 0.6 is 0 Å². The molecule has 3 N–H and O–H groups in total. The molecule has 26 heavy (non-hydrogen) atoms. The fourth-order valence-electron chi connectivity index (χ4n) is 2.29. The fraction of sp³-hybridized carbons (Fsp3) is 0.889. The molecule has 1 unspecified atom stereocenters. The number of alkyl carbamates (subject to hydrolysis) is 1. The molecular formula is C18H36N4O4. The summed E-state index contributed by atoms with van der Waals surface area (Å²) < 4.78 is 16.2. The smallest absolute Gasteiger partial charge is 0.407 e. The monoisotopic (exact) mass is 372 g/mol. The van der Waals surface area contributed by atoms with Gasteiger partial charge in [-0.05, 0) is 47.0 Å². The van der Waals surface area contributed by atoms with E-state index >= 15 is 0 Å². The van der Waals surface area contributed by atoms with E-state index in [0.29, 0.717) is 13.1 Å². The highest BCUT2D eigenvalue weighted by molar-refractivity contribution is 5.79. The minimum absolute atomic E-state index is 0.259. The first kappa shape index (κ1) is 22.5. The lowest BCUT2D eigenvalue weighted by atomic mass is 10.2. The van der Waals surface area contributed by atoms with E-state index in [4.69, 9.17) is 14.2 Å². The highest BCUT2D eigenvalue weighted by Gasteiger charge is 2.16. The molecule has 1 amide bonds. The van der Waals surface area contributed by atoms with Crippen LogP contribution in [0.4, 0.5) is 4.79 Å². The Morgan fingerprint density at radius 1 is 1.19 bits per heavy atom. The number of carbonyl (C=O) groups is 1. The molecule has 1 aliphatic heterocycles. The number of rotatable bonds is 10. The van der Waals surface area contributed by atoms with Gasteiger partial charge in [0.05, 0.1) is 12.7 Å². The van der Waals surface area contributed by atoms with Gasteiger partial charge >= 0.3 is 6.09 Å². The first-order valence-electron chi connectivity index (χ1n) is 9.59. The van der Waals surface area contributed by atoms with Gasteiger partial charge < -0.3 is 30.2 Å². The van der Waals surface area contributed by atoms with Crippen molar-refractivity contribution < 1.29 is 19.0 Å². The molecule has 0 radical (unpaired) electrons. The first-order valence-corrected chi connectivity index (χ1v) is 9.59. The van der Waals surface area contributed by atoms with Crippen LogP contribution in [0.15, 0.2) is 4.99 Å². The molecule has 0 aromatic heterocycles. The quantitative estimate of drug-likeness (QED) is 0.307. The van der Waals surface area contributed by atoms with Crippen LogP contribution in [0, 0.1) is 0 Å². The Morgan fingerprint density at radius 2 is 1.96 bits per heavy atom. The number of aliphatic imine (C=N–C) groups is 1. The van der Waals surface area contributed by atoms with Gasteiger partial charge in [0.15, 0.2) is 5.96 Å². The number of amides is 1. The zero-order chi connectivity index (χ0) is 19.3. The standard InChI is InChI=1S/C18H36N4O4/c1-5-19-16(21-11-7-12-25-15-8-13-24-14-15)20-9-6-10-22-17(23)26-18(2,3)4/h15H,5-14H2,1-4H3,(H,22,23)(H2,19,20,21). The third-order valence-electron chi connectivity index (χ3n) is 3.47. The molecule has 1 aliphatic rings. The number of nitrogens with zero attached hydrogens (tertiary/aromatic N) is 1. The Morgan fingerprint density at radius 3 is 2.62 bits per heavy atom. The van der Waals surface area contributed by atoms with Crippen LogP contribution in [-0.4, -0.2) is 69.8 Å². The molecule has 0 aromatic carbocycles. The summed E-state index contributed by atoms with van der Waals surface area (Å²) in [6.07, 6.45) is 2.53. The van der Waals surface area contributed by atoms with Crippen LogP contribution in [0.1, 0.15) is 47.0 Å².